The van der Waals surface area contributed by atoms with Crippen LogP contribution in [0.15, 0.2) is 46.1 Å². The highest BCUT2D eigenvalue weighted by molar-refractivity contribution is 7.89. The van der Waals surface area contributed by atoms with Crippen molar-refractivity contribution in [2.45, 2.75) is 38.1 Å². The highest BCUT2D eigenvalue weighted by Gasteiger charge is 2.27. The highest BCUT2D eigenvalue weighted by Crippen LogP contribution is 2.26. The van der Waals surface area contributed by atoms with Crippen LogP contribution in [-0.4, -0.2) is 36.3 Å². The van der Waals surface area contributed by atoms with E-state index in [-0.39, 0.29) is 22.2 Å². The van der Waals surface area contributed by atoms with E-state index < -0.39 is 10.0 Å². The van der Waals surface area contributed by atoms with E-state index in [9.17, 15) is 18.0 Å². The zero-order valence-corrected chi connectivity index (χ0v) is 18.5. The standard InChI is InChI=1S/C21H23N3O4S2/c1-14-5-6-16(11-15(14)2)22-20(25)13-24-18-8-7-17(12-19(18)29-21(24)26)30(27,28)23-9-3-4-10-23/h5-8,11-12H,3-4,9-10,13H2,1-2H3,(H,22,25). The number of carbonyl (C=O) groups is 1. The minimum absolute atomic E-state index is 0.135. The maximum absolute atomic E-state index is 12.8. The van der Waals surface area contributed by atoms with Crippen LogP contribution in [0.3, 0.4) is 0 Å². The van der Waals surface area contributed by atoms with Crippen molar-refractivity contribution < 1.29 is 13.2 Å². The Hall–Kier alpha value is -2.49. The quantitative estimate of drug-likeness (QED) is 0.654. The van der Waals surface area contributed by atoms with Crippen molar-refractivity contribution in [2.24, 2.45) is 0 Å². The zero-order valence-electron chi connectivity index (χ0n) is 16.8. The fourth-order valence-electron chi connectivity index (χ4n) is 3.60. The van der Waals surface area contributed by atoms with Gasteiger partial charge in [0, 0.05) is 18.8 Å². The van der Waals surface area contributed by atoms with Crippen molar-refractivity contribution in [3.8, 4) is 0 Å². The van der Waals surface area contributed by atoms with Gasteiger partial charge < -0.3 is 5.32 Å². The van der Waals surface area contributed by atoms with Gasteiger partial charge in [-0.3, -0.25) is 14.2 Å². The Morgan fingerprint density at radius 2 is 1.80 bits per heavy atom. The van der Waals surface area contributed by atoms with Gasteiger partial charge in [0.15, 0.2) is 0 Å². The van der Waals surface area contributed by atoms with Crippen LogP contribution in [0.2, 0.25) is 0 Å². The van der Waals surface area contributed by atoms with Gasteiger partial charge in [0.1, 0.15) is 6.54 Å². The number of hydrogen-bond acceptors (Lipinski definition) is 5. The van der Waals surface area contributed by atoms with Crippen LogP contribution in [0.1, 0.15) is 24.0 Å². The second-order valence-electron chi connectivity index (χ2n) is 7.54. The molecule has 0 atom stereocenters. The maximum Gasteiger partial charge on any atom is 0.308 e. The summed E-state index contributed by atoms with van der Waals surface area (Å²) in [6.45, 7) is 4.88. The molecular weight excluding hydrogens is 422 g/mol. The summed E-state index contributed by atoms with van der Waals surface area (Å²) in [4.78, 5) is 24.9. The van der Waals surface area contributed by atoms with Crippen molar-refractivity contribution in [3.63, 3.8) is 0 Å². The summed E-state index contributed by atoms with van der Waals surface area (Å²) >= 11 is 0.949. The average Bonchev–Trinajstić information content (AvgIpc) is 3.34. The predicted octanol–water partition coefficient (Wildman–Crippen LogP) is 3.10. The summed E-state index contributed by atoms with van der Waals surface area (Å²) in [5.41, 5.74) is 3.43. The molecule has 0 radical (unpaired) electrons. The lowest BCUT2D eigenvalue weighted by atomic mass is 10.1. The Kier molecular flexibility index (Phi) is 5.52. The van der Waals surface area contributed by atoms with Gasteiger partial charge in [0.05, 0.1) is 15.1 Å². The number of anilines is 1. The lowest BCUT2D eigenvalue weighted by molar-refractivity contribution is -0.116. The fraction of sp³-hybridized carbons (Fsp3) is 0.333. The Morgan fingerprint density at radius 3 is 2.50 bits per heavy atom. The number of nitrogens with zero attached hydrogens (tertiary/aromatic N) is 2. The summed E-state index contributed by atoms with van der Waals surface area (Å²) < 4.78 is 29.0. The number of amides is 1. The van der Waals surface area contributed by atoms with Gasteiger partial charge >= 0.3 is 4.87 Å². The predicted molar refractivity (Wildman–Crippen MR) is 119 cm³/mol. The van der Waals surface area contributed by atoms with Gasteiger partial charge in [0.25, 0.3) is 0 Å². The minimum Gasteiger partial charge on any atom is -0.325 e. The van der Waals surface area contributed by atoms with Crippen LogP contribution in [-0.2, 0) is 21.4 Å². The molecule has 1 aromatic heterocycles. The number of aromatic nitrogens is 1. The average molecular weight is 446 g/mol. The number of fused-ring (bicyclic) bond motifs is 1. The second kappa shape index (κ2) is 7.98. The van der Waals surface area contributed by atoms with E-state index in [1.165, 1.54) is 21.0 Å². The molecule has 158 valence electrons. The highest BCUT2D eigenvalue weighted by atomic mass is 32.2. The van der Waals surface area contributed by atoms with Crippen molar-refractivity contribution in [1.29, 1.82) is 0 Å². The fourth-order valence-corrected chi connectivity index (χ4v) is 6.15. The maximum atomic E-state index is 12.8. The SMILES string of the molecule is Cc1ccc(NC(=O)Cn2c(=O)sc3cc(S(=O)(=O)N4CCCC4)ccc32)cc1C. The molecule has 2 aromatic carbocycles. The first kappa shape index (κ1) is 20.8. The smallest absolute Gasteiger partial charge is 0.308 e. The van der Waals surface area contributed by atoms with Gasteiger partial charge in [-0.2, -0.15) is 4.31 Å². The molecule has 1 fully saturated rings. The molecule has 1 N–H and O–H groups in total. The van der Waals surface area contributed by atoms with Gasteiger partial charge in [-0.25, -0.2) is 8.42 Å². The number of aryl methyl sites for hydroxylation is 2. The molecule has 9 heteroatoms. The van der Waals surface area contributed by atoms with E-state index in [1.807, 2.05) is 32.0 Å². The summed E-state index contributed by atoms with van der Waals surface area (Å²) in [7, 11) is -3.56. The molecule has 0 bridgehead atoms. The number of nitrogens with one attached hydrogen (secondary N) is 1. The first-order valence-electron chi connectivity index (χ1n) is 9.76. The molecule has 1 aliphatic rings. The lowest BCUT2D eigenvalue weighted by Crippen LogP contribution is -2.27. The molecular formula is C21H23N3O4S2. The molecule has 2 heterocycles. The Balaban J connectivity index is 1.59. The zero-order chi connectivity index (χ0) is 21.5. The number of carbonyl (C=O) groups excluding carboxylic acids is 1. The summed E-state index contributed by atoms with van der Waals surface area (Å²) in [6.07, 6.45) is 1.72. The third-order valence-electron chi connectivity index (χ3n) is 5.43. The summed E-state index contributed by atoms with van der Waals surface area (Å²) in [5.74, 6) is -0.311. The van der Waals surface area contributed by atoms with E-state index in [0.717, 1.165) is 35.3 Å². The number of hydrogen-bond donors (Lipinski definition) is 1. The first-order valence-corrected chi connectivity index (χ1v) is 12.0. The van der Waals surface area contributed by atoms with Gasteiger partial charge in [-0.15, -0.1) is 0 Å². The lowest BCUT2D eigenvalue weighted by Gasteiger charge is -2.15. The van der Waals surface area contributed by atoms with Crippen LogP contribution in [0.5, 0.6) is 0 Å². The molecule has 0 spiro atoms. The topological polar surface area (TPSA) is 88.5 Å². The largest absolute Gasteiger partial charge is 0.325 e. The van der Waals surface area contributed by atoms with Crippen LogP contribution >= 0.6 is 11.3 Å². The van der Waals surface area contributed by atoms with Crippen LogP contribution in [0, 0.1) is 13.8 Å². The van der Waals surface area contributed by atoms with E-state index in [4.69, 9.17) is 0 Å². The normalized spacial score (nSPS) is 15.0. The van der Waals surface area contributed by atoms with Crippen molar-refractivity contribution in [2.75, 3.05) is 18.4 Å². The Morgan fingerprint density at radius 1 is 1.07 bits per heavy atom. The monoisotopic (exact) mass is 445 g/mol. The summed E-state index contributed by atoms with van der Waals surface area (Å²) in [5, 5.41) is 2.82. The Bertz CT molecular complexity index is 1290. The molecule has 0 unspecified atom stereocenters. The number of sulfonamides is 1. The Labute approximate surface area is 179 Å². The van der Waals surface area contributed by atoms with E-state index >= 15 is 0 Å². The van der Waals surface area contributed by atoms with E-state index in [0.29, 0.717) is 29.0 Å². The van der Waals surface area contributed by atoms with Crippen LogP contribution in [0.4, 0.5) is 5.69 Å². The number of rotatable bonds is 5. The molecule has 0 aliphatic carbocycles. The van der Waals surface area contributed by atoms with Crippen molar-refractivity contribution >= 4 is 43.2 Å². The molecule has 1 amide bonds. The van der Waals surface area contributed by atoms with Crippen LogP contribution in [0.25, 0.3) is 10.2 Å². The van der Waals surface area contributed by atoms with E-state index in [2.05, 4.69) is 5.32 Å². The molecule has 4 rings (SSSR count). The molecule has 3 aromatic rings. The number of thiazole rings is 1. The van der Waals surface area contributed by atoms with Crippen LogP contribution < -0.4 is 10.2 Å². The van der Waals surface area contributed by atoms with Crippen molar-refractivity contribution in [3.05, 3.63) is 57.2 Å². The third-order valence-corrected chi connectivity index (χ3v) is 8.27. The summed E-state index contributed by atoms with van der Waals surface area (Å²) in [6, 6.07) is 10.3. The van der Waals surface area contributed by atoms with Gasteiger partial charge in [-0.05, 0) is 68.1 Å². The minimum atomic E-state index is -3.56. The van der Waals surface area contributed by atoms with Crippen molar-refractivity contribution in [1.82, 2.24) is 8.87 Å². The molecule has 0 saturated carbocycles. The molecule has 1 aliphatic heterocycles. The first-order chi connectivity index (χ1) is 14.3. The second-order valence-corrected chi connectivity index (χ2v) is 10.5. The van der Waals surface area contributed by atoms with Gasteiger partial charge in [0.2, 0.25) is 15.9 Å². The molecule has 7 nitrogen and oxygen atoms in total. The molecule has 30 heavy (non-hydrogen) atoms. The third kappa shape index (κ3) is 3.92. The molecule has 1 saturated heterocycles. The van der Waals surface area contributed by atoms with E-state index in [1.54, 1.807) is 6.07 Å². The van der Waals surface area contributed by atoms with Gasteiger partial charge in [-0.1, -0.05) is 17.4 Å². The number of benzene rings is 2.